The summed E-state index contributed by atoms with van der Waals surface area (Å²) in [7, 11) is 0. The molecule has 1 aromatic rings. The summed E-state index contributed by atoms with van der Waals surface area (Å²) in [5.74, 6) is -1.23. The summed E-state index contributed by atoms with van der Waals surface area (Å²) in [5, 5.41) is 0. The summed E-state index contributed by atoms with van der Waals surface area (Å²) < 4.78 is 43.8. The second-order valence-electron chi connectivity index (χ2n) is 5.49. The first-order valence-corrected chi connectivity index (χ1v) is 6.91. The lowest BCUT2D eigenvalue weighted by atomic mass is 9.94. The molecule has 2 rings (SSSR count). The largest absolute Gasteiger partial charge is 0.492 e. The molecule has 0 amide bonds. The average molecular weight is 310 g/mol. The van der Waals surface area contributed by atoms with E-state index in [1.54, 1.807) is 6.92 Å². The third kappa shape index (κ3) is 3.59. The van der Waals surface area contributed by atoms with Crippen LogP contribution in [0.5, 0.6) is 0 Å². The van der Waals surface area contributed by atoms with Gasteiger partial charge >= 0.3 is 6.18 Å². The standard InChI is InChI=1S/C17H17F3O2/c1-10-4-5-11(2)13(6-10)9-22-16-8-14(17(18,19)20)7-15(21)12(16)3/h4-8,12H,9H2,1-3H3. The van der Waals surface area contributed by atoms with E-state index in [-0.39, 0.29) is 12.4 Å². The molecule has 1 unspecified atom stereocenters. The first-order chi connectivity index (χ1) is 10.2. The lowest BCUT2D eigenvalue weighted by Gasteiger charge is -2.21. The van der Waals surface area contributed by atoms with Crippen molar-refractivity contribution in [2.75, 3.05) is 0 Å². The van der Waals surface area contributed by atoms with Crippen molar-refractivity contribution >= 4 is 5.78 Å². The molecule has 5 heteroatoms. The smallest absolute Gasteiger partial charge is 0.416 e. The molecule has 0 aliphatic heterocycles. The first-order valence-electron chi connectivity index (χ1n) is 6.91. The molecule has 0 bridgehead atoms. The number of alkyl halides is 3. The van der Waals surface area contributed by atoms with E-state index in [1.807, 2.05) is 32.0 Å². The maximum atomic E-state index is 12.8. The third-order valence-corrected chi connectivity index (χ3v) is 3.68. The van der Waals surface area contributed by atoms with Gasteiger partial charge in [-0.15, -0.1) is 0 Å². The molecule has 2 nitrogen and oxygen atoms in total. The Kier molecular flexibility index (Phi) is 4.44. The van der Waals surface area contributed by atoms with Crippen molar-refractivity contribution in [1.29, 1.82) is 0 Å². The van der Waals surface area contributed by atoms with E-state index in [0.717, 1.165) is 22.8 Å². The number of aryl methyl sites for hydroxylation is 2. The Morgan fingerprint density at radius 1 is 1.18 bits per heavy atom. The summed E-state index contributed by atoms with van der Waals surface area (Å²) in [6.07, 6.45) is -3.00. The zero-order valence-electron chi connectivity index (χ0n) is 12.6. The topological polar surface area (TPSA) is 26.3 Å². The third-order valence-electron chi connectivity index (χ3n) is 3.68. The molecule has 0 heterocycles. The summed E-state index contributed by atoms with van der Waals surface area (Å²) >= 11 is 0. The molecule has 0 saturated heterocycles. The SMILES string of the molecule is Cc1ccc(C)c(COC2=CC(C(F)(F)F)=CC(=O)C2C)c1. The minimum absolute atomic E-state index is 0.0562. The monoisotopic (exact) mass is 310 g/mol. The van der Waals surface area contributed by atoms with Crippen LogP contribution in [0.15, 0.2) is 41.7 Å². The molecule has 0 aromatic heterocycles. The van der Waals surface area contributed by atoms with Crippen LogP contribution in [-0.2, 0) is 16.1 Å². The number of carbonyl (C=O) groups excluding carboxylic acids is 1. The van der Waals surface area contributed by atoms with Crippen LogP contribution in [0.3, 0.4) is 0 Å². The molecule has 0 N–H and O–H groups in total. The van der Waals surface area contributed by atoms with E-state index in [9.17, 15) is 18.0 Å². The Labute approximate surface area is 127 Å². The number of hydrogen-bond donors (Lipinski definition) is 0. The summed E-state index contributed by atoms with van der Waals surface area (Å²) in [5.41, 5.74) is 1.96. The Balaban J connectivity index is 2.20. The lowest BCUT2D eigenvalue weighted by Crippen LogP contribution is -2.23. The van der Waals surface area contributed by atoms with Crippen molar-refractivity contribution in [3.8, 4) is 0 Å². The molecule has 0 saturated carbocycles. The number of carbonyl (C=O) groups is 1. The fraction of sp³-hybridized carbons (Fsp3) is 0.353. The van der Waals surface area contributed by atoms with Crippen LogP contribution in [0.2, 0.25) is 0 Å². The van der Waals surface area contributed by atoms with Gasteiger partial charge in [0.1, 0.15) is 12.4 Å². The van der Waals surface area contributed by atoms with Crippen LogP contribution in [-0.4, -0.2) is 12.0 Å². The minimum atomic E-state index is -4.55. The van der Waals surface area contributed by atoms with Crippen LogP contribution in [0.1, 0.15) is 23.6 Å². The van der Waals surface area contributed by atoms with Gasteiger partial charge in [-0.25, -0.2) is 0 Å². The van der Waals surface area contributed by atoms with Gasteiger partial charge in [-0.05, 0) is 44.1 Å². The molecule has 1 atom stereocenters. The normalized spacial score (nSPS) is 18.8. The number of ketones is 1. The van der Waals surface area contributed by atoms with Crippen molar-refractivity contribution < 1.29 is 22.7 Å². The van der Waals surface area contributed by atoms with E-state index >= 15 is 0 Å². The van der Waals surface area contributed by atoms with E-state index < -0.39 is 23.5 Å². The van der Waals surface area contributed by atoms with Gasteiger partial charge in [0, 0.05) is 0 Å². The second kappa shape index (κ2) is 5.99. The highest BCUT2D eigenvalue weighted by molar-refractivity contribution is 5.95. The van der Waals surface area contributed by atoms with E-state index in [0.29, 0.717) is 6.08 Å². The molecule has 118 valence electrons. The van der Waals surface area contributed by atoms with Gasteiger partial charge in [0.25, 0.3) is 0 Å². The van der Waals surface area contributed by atoms with E-state index in [4.69, 9.17) is 4.74 Å². The Hall–Kier alpha value is -2.04. The molecule has 0 radical (unpaired) electrons. The highest BCUT2D eigenvalue weighted by Crippen LogP contribution is 2.33. The van der Waals surface area contributed by atoms with Crippen molar-refractivity contribution in [2.24, 2.45) is 5.92 Å². The maximum Gasteiger partial charge on any atom is 0.416 e. The van der Waals surface area contributed by atoms with Crippen molar-refractivity contribution in [3.05, 3.63) is 58.4 Å². The van der Waals surface area contributed by atoms with Gasteiger partial charge in [0.15, 0.2) is 5.78 Å². The number of halogens is 3. The molecule has 1 aromatic carbocycles. The summed E-state index contributed by atoms with van der Waals surface area (Å²) in [6, 6.07) is 5.81. The molecule has 1 aliphatic rings. The molecule has 1 aliphatic carbocycles. The zero-order valence-corrected chi connectivity index (χ0v) is 12.6. The van der Waals surface area contributed by atoms with Crippen LogP contribution in [0.4, 0.5) is 13.2 Å². The van der Waals surface area contributed by atoms with E-state index in [2.05, 4.69) is 0 Å². The summed E-state index contributed by atoms with van der Waals surface area (Å²) in [6.45, 7) is 5.52. The predicted octanol–water partition coefficient (Wildman–Crippen LogP) is 4.41. The lowest BCUT2D eigenvalue weighted by molar-refractivity contribution is -0.120. The fourth-order valence-corrected chi connectivity index (χ4v) is 2.19. The Morgan fingerprint density at radius 2 is 1.86 bits per heavy atom. The molecule has 0 spiro atoms. The van der Waals surface area contributed by atoms with Gasteiger partial charge in [-0.1, -0.05) is 23.8 Å². The van der Waals surface area contributed by atoms with Gasteiger partial charge in [-0.2, -0.15) is 13.2 Å². The predicted molar refractivity (Wildman–Crippen MR) is 77.1 cm³/mol. The number of rotatable bonds is 3. The van der Waals surface area contributed by atoms with Crippen LogP contribution in [0, 0.1) is 19.8 Å². The fourth-order valence-electron chi connectivity index (χ4n) is 2.19. The van der Waals surface area contributed by atoms with Crippen LogP contribution < -0.4 is 0 Å². The maximum absolute atomic E-state index is 12.8. The number of benzene rings is 1. The molecule has 0 fully saturated rings. The van der Waals surface area contributed by atoms with Gasteiger partial charge in [0.05, 0.1) is 11.5 Å². The quantitative estimate of drug-likeness (QED) is 0.826. The van der Waals surface area contributed by atoms with E-state index in [1.165, 1.54) is 0 Å². The van der Waals surface area contributed by atoms with Crippen molar-refractivity contribution in [2.45, 2.75) is 33.6 Å². The first kappa shape index (κ1) is 16.3. The Bertz CT molecular complexity index is 654. The second-order valence-corrected chi connectivity index (χ2v) is 5.49. The molecule has 22 heavy (non-hydrogen) atoms. The zero-order chi connectivity index (χ0) is 16.5. The van der Waals surface area contributed by atoms with Gasteiger partial charge < -0.3 is 4.74 Å². The van der Waals surface area contributed by atoms with Crippen molar-refractivity contribution in [3.63, 3.8) is 0 Å². The Morgan fingerprint density at radius 3 is 2.50 bits per heavy atom. The average Bonchev–Trinajstić information content (AvgIpc) is 2.42. The molecular weight excluding hydrogens is 293 g/mol. The molecular formula is C17H17F3O2. The van der Waals surface area contributed by atoms with Gasteiger partial charge in [-0.3, -0.25) is 4.79 Å². The highest BCUT2D eigenvalue weighted by Gasteiger charge is 2.37. The number of hydrogen-bond acceptors (Lipinski definition) is 2. The highest BCUT2D eigenvalue weighted by atomic mass is 19.4. The van der Waals surface area contributed by atoms with Gasteiger partial charge in [0.2, 0.25) is 0 Å². The number of ether oxygens (including phenoxy) is 1. The van der Waals surface area contributed by atoms with Crippen LogP contribution >= 0.6 is 0 Å². The summed E-state index contributed by atoms with van der Waals surface area (Å²) in [4.78, 5) is 11.7. The number of allylic oxidation sites excluding steroid dienone is 4. The van der Waals surface area contributed by atoms with Crippen molar-refractivity contribution in [1.82, 2.24) is 0 Å². The van der Waals surface area contributed by atoms with Crippen LogP contribution in [0.25, 0.3) is 0 Å². The minimum Gasteiger partial charge on any atom is -0.492 e.